The first kappa shape index (κ1) is 24.4. The lowest BCUT2D eigenvalue weighted by molar-refractivity contribution is -0.143. The summed E-state index contributed by atoms with van der Waals surface area (Å²) in [5.41, 5.74) is 4.45. The Labute approximate surface area is 185 Å². The van der Waals surface area contributed by atoms with Crippen molar-refractivity contribution >= 4 is 23.7 Å². The molecule has 0 fully saturated rings. The number of halogens is 1. The highest BCUT2D eigenvalue weighted by atomic mass is 32.2. The van der Waals surface area contributed by atoms with Gasteiger partial charge in [-0.25, -0.2) is 4.39 Å². The maximum atomic E-state index is 13.1. The molecule has 1 heterocycles. The van der Waals surface area contributed by atoms with Crippen LogP contribution in [0.2, 0.25) is 0 Å². The Morgan fingerprint density at radius 3 is 2.29 bits per heavy atom. The fourth-order valence-corrected chi connectivity index (χ4v) is 4.42. The smallest absolute Gasteiger partial charge is 0.303 e. The SMILES string of the molecule is CC(Sc1c(C#N)ccc2c1CCNCC2)c1ccc(F)cc1.O=C(O)CCC(=O)O. The van der Waals surface area contributed by atoms with Crippen LogP contribution in [0.1, 0.15) is 47.3 Å². The molecule has 0 amide bonds. The summed E-state index contributed by atoms with van der Waals surface area (Å²) in [6, 6.07) is 13.0. The van der Waals surface area contributed by atoms with Crippen molar-refractivity contribution < 1.29 is 24.2 Å². The average Bonchev–Trinajstić information content (AvgIpc) is 2.99. The summed E-state index contributed by atoms with van der Waals surface area (Å²) >= 11 is 1.70. The van der Waals surface area contributed by atoms with Crippen LogP contribution < -0.4 is 5.32 Å². The third kappa shape index (κ3) is 7.70. The molecule has 1 atom stereocenters. The van der Waals surface area contributed by atoms with Crippen LogP contribution >= 0.6 is 11.8 Å². The molecule has 1 aliphatic rings. The van der Waals surface area contributed by atoms with Crippen molar-refractivity contribution in [1.82, 2.24) is 5.32 Å². The molecular formula is C23H25FN2O4S. The summed E-state index contributed by atoms with van der Waals surface area (Å²) in [5, 5.41) is 28.9. The second kappa shape index (κ2) is 12.1. The van der Waals surface area contributed by atoms with E-state index < -0.39 is 11.9 Å². The Hall–Kier alpha value is -2.89. The Bertz CT molecular complexity index is 943. The Morgan fingerprint density at radius 2 is 1.71 bits per heavy atom. The summed E-state index contributed by atoms with van der Waals surface area (Å²) in [7, 11) is 0. The molecule has 3 rings (SSSR count). The van der Waals surface area contributed by atoms with Crippen molar-refractivity contribution in [3.63, 3.8) is 0 Å². The number of carbonyl (C=O) groups is 2. The van der Waals surface area contributed by atoms with Crippen LogP contribution in [0.15, 0.2) is 41.3 Å². The average molecular weight is 445 g/mol. The van der Waals surface area contributed by atoms with Crippen molar-refractivity contribution in [3.05, 3.63) is 64.5 Å². The molecule has 0 bridgehead atoms. The minimum absolute atomic E-state index is 0.172. The number of carboxylic acids is 2. The number of hydrogen-bond acceptors (Lipinski definition) is 5. The quantitative estimate of drug-likeness (QED) is 0.574. The molecule has 1 aliphatic heterocycles. The van der Waals surface area contributed by atoms with Crippen LogP contribution in [-0.2, 0) is 22.4 Å². The van der Waals surface area contributed by atoms with Gasteiger partial charge in [0.2, 0.25) is 0 Å². The number of nitrogens with zero attached hydrogens (tertiary/aromatic N) is 1. The standard InChI is InChI=1S/C19H19FN2S.C4H6O4/c1-13(14-4-6-17(20)7-5-14)23-19-16(12-21)3-2-15-8-10-22-11-9-18(15)19;5-3(6)1-2-4(7)8/h2-7,13,22H,8-11H2,1H3;1-2H2,(H,5,6)(H,7,8). The third-order valence-electron chi connectivity index (χ3n) is 4.79. The third-order valence-corrected chi connectivity index (χ3v) is 6.12. The maximum absolute atomic E-state index is 13.1. The molecule has 0 saturated heterocycles. The number of carboxylic acid groups (broad SMARTS) is 2. The molecule has 0 radical (unpaired) electrons. The molecule has 6 nitrogen and oxygen atoms in total. The van der Waals surface area contributed by atoms with E-state index in [0.29, 0.717) is 0 Å². The second-order valence-electron chi connectivity index (χ2n) is 7.04. The molecule has 2 aromatic rings. The molecular weight excluding hydrogens is 419 g/mol. The summed E-state index contributed by atoms with van der Waals surface area (Å²) in [5.74, 6) is -2.37. The Kier molecular flexibility index (Phi) is 9.50. The van der Waals surface area contributed by atoms with Gasteiger partial charge in [-0.1, -0.05) is 18.2 Å². The highest BCUT2D eigenvalue weighted by Crippen LogP contribution is 2.40. The van der Waals surface area contributed by atoms with E-state index in [9.17, 15) is 19.2 Å². The van der Waals surface area contributed by atoms with Gasteiger partial charge in [-0.05, 0) is 67.7 Å². The van der Waals surface area contributed by atoms with Gasteiger partial charge < -0.3 is 15.5 Å². The Balaban J connectivity index is 0.000000366. The van der Waals surface area contributed by atoms with E-state index in [0.717, 1.165) is 42.0 Å². The van der Waals surface area contributed by atoms with Gasteiger partial charge >= 0.3 is 11.9 Å². The fourth-order valence-electron chi connectivity index (χ4n) is 3.15. The van der Waals surface area contributed by atoms with Gasteiger partial charge in [0.25, 0.3) is 0 Å². The van der Waals surface area contributed by atoms with Crippen LogP contribution in [0, 0.1) is 17.1 Å². The molecule has 0 aliphatic carbocycles. The summed E-state index contributed by atoms with van der Waals surface area (Å²) in [6.45, 7) is 4.03. The molecule has 0 saturated carbocycles. The van der Waals surface area contributed by atoms with Crippen LogP contribution in [0.5, 0.6) is 0 Å². The van der Waals surface area contributed by atoms with E-state index in [1.54, 1.807) is 11.8 Å². The number of rotatable bonds is 6. The molecule has 1 unspecified atom stereocenters. The molecule has 8 heteroatoms. The number of hydrogen-bond donors (Lipinski definition) is 3. The largest absolute Gasteiger partial charge is 0.481 e. The number of fused-ring (bicyclic) bond motifs is 1. The van der Waals surface area contributed by atoms with E-state index in [2.05, 4.69) is 24.4 Å². The predicted octanol–water partition coefficient (Wildman–Crippen LogP) is 4.17. The van der Waals surface area contributed by atoms with Gasteiger partial charge in [-0.2, -0.15) is 5.26 Å². The fraction of sp³-hybridized carbons (Fsp3) is 0.348. The van der Waals surface area contributed by atoms with Gasteiger partial charge in [-0.3, -0.25) is 9.59 Å². The normalized spacial score (nSPS) is 13.6. The second-order valence-corrected chi connectivity index (χ2v) is 8.39. The first-order valence-corrected chi connectivity index (χ1v) is 10.8. The molecule has 0 spiro atoms. The Morgan fingerprint density at radius 1 is 1.10 bits per heavy atom. The molecule has 164 valence electrons. The minimum atomic E-state index is -1.08. The molecule has 0 aromatic heterocycles. The number of benzene rings is 2. The maximum Gasteiger partial charge on any atom is 0.303 e. The van der Waals surface area contributed by atoms with Crippen molar-refractivity contribution in [1.29, 1.82) is 5.26 Å². The zero-order chi connectivity index (χ0) is 22.8. The monoisotopic (exact) mass is 444 g/mol. The topological polar surface area (TPSA) is 110 Å². The lowest BCUT2D eigenvalue weighted by Crippen LogP contribution is -2.16. The van der Waals surface area contributed by atoms with Gasteiger partial charge in [-0.15, -0.1) is 11.8 Å². The number of aliphatic carboxylic acids is 2. The summed E-state index contributed by atoms with van der Waals surface area (Å²) < 4.78 is 13.1. The van der Waals surface area contributed by atoms with Crippen molar-refractivity contribution in [2.45, 2.75) is 42.8 Å². The van der Waals surface area contributed by atoms with Crippen LogP contribution in [0.4, 0.5) is 4.39 Å². The highest BCUT2D eigenvalue weighted by molar-refractivity contribution is 7.99. The highest BCUT2D eigenvalue weighted by Gasteiger charge is 2.18. The van der Waals surface area contributed by atoms with Gasteiger partial charge in [0.1, 0.15) is 11.9 Å². The van der Waals surface area contributed by atoms with Gasteiger partial charge in [0, 0.05) is 10.1 Å². The minimum Gasteiger partial charge on any atom is -0.481 e. The summed E-state index contributed by atoms with van der Waals surface area (Å²) in [6.07, 6.45) is 1.35. The molecule has 3 N–H and O–H groups in total. The zero-order valence-electron chi connectivity index (χ0n) is 17.2. The lowest BCUT2D eigenvalue weighted by Gasteiger charge is -2.18. The van der Waals surface area contributed by atoms with E-state index in [4.69, 9.17) is 10.2 Å². The molecule has 2 aromatic carbocycles. The number of nitriles is 1. The van der Waals surface area contributed by atoms with Crippen LogP contribution in [-0.4, -0.2) is 35.2 Å². The lowest BCUT2D eigenvalue weighted by atomic mass is 10.0. The first-order valence-electron chi connectivity index (χ1n) is 9.93. The van der Waals surface area contributed by atoms with E-state index in [1.807, 2.05) is 18.2 Å². The van der Waals surface area contributed by atoms with Crippen LogP contribution in [0.25, 0.3) is 0 Å². The predicted molar refractivity (Wildman–Crippen MR) is 117 cm³/mol. The van der Waals surface area contributed by atoms with E-state index in [1.165, 1.54) is 23.3 Å². The van der Waals surface area contributed by atoms with Crippen molar-refractivity contribution in [3.8, 4) is 6.07 Å². The van der Waals surface area contributed by atoms with Gasteiger partial charge in [0.05, 0.1) is 18.4 Å². The first-order chi connectivity index (χ1) is 14.8. The number of thioether (sulfide) groups is 1. The van der Waals surface area contributed by atoms with E-state index in [-0.39, 0.29) is 23.9 Å². The zero-order valence-corrected chi connectivity index (χ0v) is 18.0. The van der Waals surface area contributed by atoms with E-state index >= 15 is 0 Å². The van der Waals surface area contributed by atoms with Gasteiger partial charge in [0.15, 0.2) is 0 Å². The van der Waals surface area contributed by atoms with Crippen molar-refractivity contribution in [2.75, 3.05) is 13.1 Å². The summed E-state index contributed by atoms with van der Waals surface area (Å²) in [4.78, 5) is 20.4. The number of nitrogens with one attached hydrogen (secondary N) is 1. The van der Waals surface area contributed by atoms with Crippen LogP contribution in [0.3, 0.4) is 0 Å². The molecule has 31 heavy (non-hydrogen) atoms. The van der Waals surface area contributed by atoms with Crippen molar-refractivity contribution in [2.24, 2.45) is 0 Å².